The van der Waals surface area contributed by atoms with Crippen molar-refractivity contribution in [2.75, 3.05) is 14.1 Å². The summed E-state index contributed by atoms with van der Waals surface area (Å²) in [5, 5.41) is 0. The summed E-state index contributed by atoms with van der Waals surface area (Å²) in [7, 11) is 3.46. The third-order valence-corrected chi connectivity index (χ3v) is 2.90. The maximum absolute atomic E-state index is 11.7. The highest BCUT2D eigenvalue weighted by Crippen LogP contribution is 2.25. The molecular formula is C9H9Br2NO. The number of hydrogen-bond acceptors (Lipinski definition) is 1. The average Bonchev–Trinajstić information content (AvgIpc) is 2.03. The minimum Gasteiger partial charge on any atom is -0.345 e. The lowest BCUT2D eigenvalue weighted by atomic mass is 10.2. The number of halogens is 2. The van der Waals surface area contributed by atoms with Gasteiger partial charge in [-0.3, -0.25) is 4.79 Å². The Kier molecular flexibility index (Phi) is 3.50. The number of nitrogens with zero attached hydrogens (tertiary/aromatic N) is 1. The number of rotatable bonds is 1. The highest BCUT2D eigenvalue weighted by Gasteiger charge is 2.14. The van der Waals surface area contributed by atoms with Gasteiger partial charge in [-0.25, -0.2) is 0 Å². The van der Waals surface area contributed by atoms with Crippen LogP contribution in [-0.4, -0.2) is 24.9 Å². The monoisotopic (exact) mass is 305 g/mol. The van der Waals surface area contributed by atoms with E-state index >= 15 is 0 Å². The van der Waals surface area contributed by atoms with E-state index < -0.39 is 0 Å². The van der Waals surface area contributed by atoms with Gasteiger partial charge in [0, 0.05) is 23.0 Å². The smallest absolute Gasteiger partial charge is 0.255 e. The van der Waals surface area contributed by atoms with Crippen LogP contribution in [0, 0.1) is 0 Å². The van der Waals surface area contributed by atoms with Crippen molar-refractivity contribution in [3.63, 3.8) is 0 Å². The summed E-state index contributed by atoms with van der Waals surface area (Å²) in [5.74, 6) is -0.0145. The zero-order chi connectivity index (χ0) is 10.0. The fourth-order valence-corrected chi connectivity index (χ4v) is 2.26. The van der Waals surface area contributed by atoms with Crippen LogP contribution in [0.1, 0.15) is 10.4 Å². The van der Waals surface area contributed by atoms with Crippen LogP contribution in [0.25, 0.3) is 0 Å². The third-order valence-electron chi connectivity index (χ3n) is 1.58. The lowest BCUT2D eigenvalue weighted by Crippen LogP contribution is -2.22. The van der Waals surface area contributed by atoms with Crippen LogP contribution in [0.4, 0.5) is 0 Å². The van der Waals surface area contributed by atoms with Gasteiger partial charge in [0.05, 0.1) is 5.56 Å². The van der Waals surface area contributed by atoms with Crippen LogP contribution in [0.5, 0.6) is 0 Å². The quantitative estimate of drug-likeness (QED) is 0.781. The second kappa shape index (κ2) is 4.24. The number of benzene rings is 1. The Bertz CT molecular complexity index is 316. The van der Waals surface area contributed by atoms with E-state index in [1.165, 1.54) is 0 Å². The van der Waals surface area contributed by atoms with E-state index in [-0.39, 0.29) is 5.91 Å². The second-order valence-corrected chi connectivity index (χ2v) is 4.50. The lowest BCUT2D eigenvalue weighted by molar-refractivity contribution is 0.0826. The molecule has 2 nitrogen and oxygen atoms in total. The van der Waals surface area contributed by atoms with Gasteiger partial charge in [0.2, 0.25) is 0 Å². The molecule has 0 heterocycles. The number of carbonyl (C=O) groups excluding carboxylic acids is 1. The first-order valence-electron chi connectivity index (χ1n) is 3.69. The van der Waals surface area contributed by atoms with Gasteiger partial charge in [-0.05, 0) is 44.0 Å². The predicted molar refractivity (Wildman–Crippen MR) is 59.9 cm³/mol. The minimum absolute atomic E-state index is 0.0145. The van der Waals surface area contributed by atoms with Crippen LogP contribution in [0.15, 0.2) is 27.1 Å². The van der Waals surface area contributed by atoms with Crippen molar-refractivity contribution in [1.29, 1.82) is 0 Å². The van der Waals surface area contributed by atoms with E-state index in [2.05, 4.69) is 31.9 Å². The standard InChI is InChI=1S/C9H9Br2NO/c1-12(2)9(13)8-6(10)4-3-5-7(8)11/h3-5H,1-2H3. The fraction of sp³-hybridized carbons (Fsp3) is 0.222. The van der Waals surface area contributed by atoms with E-state index in [0.717, 1.165) is 8.95 Å². The predicted octanol–water partition coefficient (Wildman–Crippen LogP) is 2.91. The molecule has 70 valence electrons. The molecule has 0 aliphatic heterocycles. The molecule has 4 heteroatoms. The Morgan fingerprint density at radius 3 is 2.08 bits per heavy atom. The summed E-state index contributed by atoms with van der Waals surface area (Å²) >= 11 is 6.68. The summed E-state index contributed by atoms with van der Waals surface area (Å²) in [6.45, 7) is 0. The highest BCUT2D eigenvalue weighted by molar-refractivity contribution is 9.11. The number of carbonyl (C=O) groups is 1. The Morgan fingerprint density at radius 2 is 1.69 bits per heavy atom. The highest BCUT2D eigenvalue weighted by atomic mass is 79.9. The first kappa shape index (κ1) is 10.7. The third kappa shape index (κ3) is 2.31. The van der Waals surface area contributed by atoms with Crippen molar-refractivity contribution in [3.8, 4) is 0 Å². The van der Waals surface area contributed by atoms with Gasteiger partial charge in [-0.1, -0.05) is 6.07 Å². The average molecular weight is 307 g/mol. The summed E-state index contributed by atoms with van der Waals surface area (Å²) < 4.78 is 1.61. The van der Waals surface area contributed by atoms with Gasteiger partial charge in [0.25, 0.3) is 5.91 Å². The number of amides is 1. The van der Waals surface area contributed by atoms with Gasteiger partial charge in [0.15, 0.2) is 0 Å². The van der Waals surface area contributed by atoms with Crippen molar-refractivity contribution in [2.24, 2.45) is 0 Å². The molecule has 0 aliphatic carbocycles. The van der Waals surface area contributed by atoms with Crippen LogP contribution in [0.2, 0.25) is 0 Å². The molecule has 0 aromatic heterocycles. The zero-order valence-corrected chi connectivity index (χ0v) is 10.5. The van der Waals surface area contributed by atoms with Gasteiger partial charge in [-0.15, -0.1) is 0 Å². The molecule has 1 aromatic rings. The molecule has 13 heavy (non-hydrogen) atoms. The molecule has 1 rings (SSSR count). The summed E-state index contributed by atoms with van der Waals surface area (Å²) in [6.07, 6.45) is 0. The zero-order valence-electron chi connectivity index (χ0n) is 7.34. The molecule has 0 spiro atoms. The van der Waals surface area contributed by atoms with E-state index in [9.17, 15) is 4.79 Å². The molecule has 0 radical (unpaired) electrons. The molecule has 1 amide bonds. The Morgan fingerprint density at radius 1 is 1.23 bits per heavy atom. The summed E-state index contributed by atoms with van der Waals surface area (Å²) in [5.41, 5.74) is 0.660. The summed E-state index contributed by atoms with van der Waals surface area (Å²) in [4.78, 5) is 13.2. The maximum atomic E-state index is 11.7. The van der Waals surface area contributed by atoms with E-state index in [0.29, 0.717) is 5.56 Å². The van der Waals surface area contributed by atoms with Crippen molar-refractivity contribution < 1.29 is 4.79 Å². The van der Waals surface area contributed by atoms with E-state index in [1.54, 1.807) is 19.0 Å². The maximum Gasteiger partial charge on any atom is 0.255 e. The van der Waals surface area contributed by atoms with E-state index in [4.69, 9.17) is 0 Å². The molecule has 0 bridgehead atoms. The molecule has 0 saturated heterocycles. The lowest BCUT2D eigenvalue weighted by Gasteiger charge is -2.12. The molecule has 0 unspecified atom stereocenters. The van der Waals surface area contributed by atoms with Crippen LogP contribution in [-0.2, 0) is 0 Å². The number of hydrogen-bond donors (Lipinski definition) is 0. The molecular weight excluding hydrogens is 298 g/mol. The van der Waals surface area contributed by atoms with E-state index in [1.807, 2.05) is 18.2 Å². The van der Waals surface area contributed by atoms with Crippen LogP contribution < -0.4 is 0 Å². The minimum atomic E-state index is -0.0145. The normalized spacial score (nSPS) is 9.85. The Hall–Kier alpha value is -0.350. The fourth-order valence-electron chi connectivity index (χ4n) is 0.926. The summed E-state index contributed by atoms with van der Waals surface area (Å²) in [6, 6.07) is 5.57. The van der Waals surface area contributed by atoms with Gasteiger partial charge in [-0.2, -0.15) is 0 Å². The first-order valence-corrected chi connectivity index (χ1v) is 5.28. The topological polar surface area (TPSA) is 20.3 Å². The van der Waals surface area contributed by atoms with Crippen molar-refractivity contribution in [3.05, 3.63) is 32.7 Å². The molecule has 0 aliphatic rings. The molecule has 0 fully saturated rings. The van der Waals surface area contributed by atoms with Crippen molar-refractivity contribution >= 4 is 37.8 Å². The molecule has 1 aromatic carbocycles. The SMILES string of the molecule is CN(C)C(=O)c1c(Br)cccc1Br. The van der Waals surface area contributed by atoms with Crippen LogP contribution in [0.3, 0.4) is 0 Å². The van der Waals surface area contributed by atoms with Crippen LogP contribution >= 0.6 is 31.9 Å². The van der Waals surface area contributed by atoms with Gasteiger partial charge >= 0.3 is 0 Å². The Labute approximate surface area is 94.2 Å². The molecule has 0 N–H and O–H groups in total. The largest absolute Gasteiger partial charge is 0.345 e. The van der Waals surface area contributed by atoms with Gasteiger partial charge in [0.1, 0.15) is 0 Å². The second-order valence-electron chi connectivity index (χ2n) is 2.80. The molecule has 0 atom stereocenters. The van der Waals surface area contributed by atoms with Gasteiger partial charge < -0.3 is 4.90 Å². The Balaban J connectivity index is 3.20. The molecule has 0 saturated carbocycles. The van der Waals surface area contributed by atoms with Crippen molar-refractivity contribution in [2.45, 2.75) is 0 Å². The first-order chi connectivity index (χ1) is 6.04. The van der Waals surface area contributed by atoms with Crippen molar-refractivity contribution in [1.82, 2.24) is 4.90 Å².